The molecule has 0 aromatic heterocycles. The van der Waals surface area contributed by atoms with Crippen LogP contribution in [0.2, 0.25) is 0 Å². The van der Waals surface area contributed by atoms with Crippen molar-refractivity contribution >= 4 is 5.69 Å². The second-order valence-corrected chi connectivity index (χ2v) is 5.37. The smallest absolute Gasteiger partial charge is 0.270 e. The van der Waals surface area contributed by atoms with E-state index in [1.165, 1.54) is 12.1 Å². The molecule has 0 bridgehead atoms. The molecule has 0 aliphatic carbocycles. The van der Waals surface area contributed by atoms with E-state index in [0.717, 1.165) is 18.5 Å². The van der Waals surface area contributed by atoms with Crippen LogP contribution in [-0.2, 0) is 6.54 Å². The van der Waals surface area contributed by atoms with E-state index in [1.807, 2.05) is 6.92 Å². The lowest BCUT2D eigenvalue weighted by Crippen LogP contribution is -2.31. The molecule has 0 saturated heterocycles. The number of non-ortho nitro benzene ring substituents is 1. The van der Waals surface area contributed by atoms with Crippen LogP contribution >= 0.6 is 0 Å². The van der Waals surface area contributed by atoms with Gasteiger partial charge in [0.25, 0.3) is 5.69 Å². The van der Waals surface area contributed by atoms with Gasteiger partial charge in [-0.05, 0) is 32.4 Å². The molecule has 0 aliphatic rings. The summed E-state index contributed by atoms with van der Waals surface area (Å²) in [6.45, 7) is 7.11. The lowest BCUT2D eigenvalue weighted by Gasteiger charge is -2.22. The molecule has 6 heteroatoms. The van der Waals surface area contributed by atoms with E-state index in [2.05, 4.69) is 12.2 Å². The van der Waals surface area contributed by atoms with Crippen molar-refractivity contribution in [2.75, 3.05) is 13.2 Å². The first-order valence-electron chi connectivity index (χ1n) is 7.23. The highest BCUT2D eigenvalue weighted by molar-refractivity contribution is 5.43. The molecule has 0 amide bonds. The van der Waals surface area contributed by atoms with Gasteiger partial charge in [0.2, 0.25) is 0 Å². The van der Waals surface area contributed by atoms with Crippen molar-refractivity contribution in [1.82, 2.24) is 5.32 Å². The minimum absolute atomic E-state index is 0.0397. The van der Waals surface area contributed by atoms with Crippen molar-refractivity contribution in [3.8, 4) is 5.75 Å². The molecule has 6 nitrogen and oxygen atoms in total. The van der Waals surface area contributed by atoms with Gasteiger partial charge in [-0.3, -0.25) is 10.1 Å². The minimum Gasteiger partial charge on any atom is -0.490 e. The molecule has 2 N–H and O–H groups in total. The van der Waals surface area contributed by atoms with Crippen molar-refractivity contribution in [1.29, 1.82) is 0 Å². The fraction of sp³-hybridized carbons (Fsp3) is 0.600. The Hall–Kier alpha value is -1.66. The lowest BCUT2D eigenvalue weighted by atomic mass is 10.1. The number of nitrogens with one attached hydrogen (secondary N) is 1. The highest BCUT2D eigenvalue weighted by Gasteiger charge is 2.20. The third kappa shape index (κ3) is 5.69. The van der Waals surface area contributed by atoms with Gasteiger partial charge in [0.05, 0.1) is 10.5 Å². The summed E-state index contributed by atoms with van der Waals surface area (Å²) in [5.74, 6) is 0.568. The van der Waals surface area contributed by atoms with Crippen LogP contribution in [0.25, 0.3) is 0 Å². The molecule has 0 heterocycles. The average molecular weight is 296 g/mol. The minimum atomic E-state index is -0.907. The summed E-state index contributed by atoms with van der Waals surface area (Å²) in [6, 6.07) is 4.52. The van der Waals surface area contributed by atoms with Gasteiger partial charge >= 0.3 is 0 Å². The Kier molecular flexibility index (Phi) is 6.58. The Labute approximate surface area is 125 Å². The SMILES string of the molecule is CCCNCc1cc([N+](=O)[O-])ccc1OCC(C)(O)CC. The molecule has 1 aromatic rings. The Morgan fingerprint density at radius 1 is 1.43 bits per heavy atom. The molecule has 1 atom stereocenters. The van der Waals surface area contributed by atoms with Crippen LogP contribution in [0.5, 0.6) is 5.75 Å². The quantitative estimate of drug-likeness (QED) is 0.416. The summed E-state index contributed by atoms with van der Waals surface area (Å²) in [4.78, 5) is 10.4. The molecule has 0 fully saturated rings. The van der Waals surface area contributed by atoms with Gasteiger partial charge in [-0.25, -0.2) is 0 Å². The van der Waals surface area contributed by atoms with E-state index >= 15 is 0 Å². The van der Waals surface area contributed by atoms with E-state index in [9.17, 15) is 15.2 Å². The number of nitrogens with zero attached hydrogens (tertiary/aromatic N) is 1. The van der Waals surface area contributed by atoms with Crippen LogP contribution in [-0.4, -0.2) is 28.8 Å². The number of ether oxygens (including phenoxy) is 1. The summed E-state index contributed by atoms with van der Waals surface area (Å²) in [7, 11) is 0. The summed E-state index contributed by atoms with van der Waals surface area (Å²) in [5, 5.41) is 24.0. The van der Waals surface area contributed by atoms with Crippen LogP contribution in [0.4, 0.5) is 5.69 Å². The second-order valence-electron chi connectivity index (χ2n) is 5.37. The number of benzene rings is 1. The number of aliphatic hydroxyl groups is 1. The highest BCUT2D eigenvalue weighted by atomic mass is 16.6. The van der Waals surface area contributed by atoms with E-state index in [1.54, 1.807) is 13.0 Å². The van der Waals surface area contributed by atoms with Crippen molar-refractivity contribution in [3.63, 3.8) is 0 Å². The molecule has 0 saturated carbocycles. The van der Waals surface area contributed by atoms with Gasteiger partial charge in [-0.2, -0.15) is 0 Å². The number of nitro groups is 1. The first kappa shape index (κ1) is 17.4. The molecule has 21 heavy (non-hydrogen) atoms. The summed E-state index contributed by atoms with van der Waals surface area (Å²) >= 11 is 0. The maximum atomic E-state index is 10.9. The van der Waals surface area contributed by atoms with E-state index in [0.29, 0.717) is 18.7 Å². The summed E-state index contributed by atoms with van der Waals surface area (Å²) in [5.41, 5.74) is -0.141. The standard InChI is InChI=1S/C15H24N2O4/c1-4-8-16-10-12-9-13(17(19)20)6-7-14(12)21-11-15(3,18)5-2/h6-7,9,16,18H,4-5,8,10-11H2,1-3H3. The first-order chi connectivity index (χ1) is 9.89. The van der Waals surface area contributed by atoms with Crippen LogP contribution in [0.3, 0.4) is 0 Å². The molecule has 0 aliphatic heterocycles. The number of hydrogen-bond acceptors (Lipinski definition) is 5. The zero-order chi connectivity index (χ0) is 15.9. The Morgan fingerprint density at radius 2 is 2.14 bits per heavy atom. The molecule has 1 aromatic carbocycles. The van der Waals surface area contributed by atoms with Gasteiger partial charge in [-0.1, -0.05) is 13.8 Å². The second kappa shape index (κ2) is 7.95. The molecular weight excluding hydrogens is 272 g/mol. The largest absolute Gasteiger partial charge is 0.490 e. The maximum Gasteiger partial charge on any atom is 0.270 e. The first-order valence-corrected chi connectivity index (χ1v) is 7.23. The molecule has 118 valence electrons. The van der Waals surface area contributed by atoms with Gasteiger partial charge in [0.1, 0.15) is 12.4 Å². The van der Waals surface area contributed by atoms with Gasteiger partial charge < -0.3 is 15.2 Å². The zero-order valence-electron chi connectivity index (χ0n) is 12.9. The van der Waals surface area contributed by atoms with Crippen LogP contribution < -0.4 is 10.1 Å². The van der Waals surface area contributed by atoms with Crippen molar-refractivity contribution in [3.05, 3.63) is 33.9 Å². The van der Waals surface area contributed by atoms with E-state index < -0.39 is 10.5 Å². The molecule has 1 unspecified atom stereocenters. The van der Waals surface area contributed by atoms with Crippen molar-refractivity contribution in [2.45, 2.75) is 45.8 Å². The van der Waals surface area contributed by atoms with E-state index in [4.69, 9.17) is 4.74 Å². The van der Waals surface area contributed by atoms with Crippen LogP contribution in [0.1, 0.15) is 39.2 Å². The molecule has 0 radical (unpaired) electrons. The lowest BCUT2D eigenvalue weighted by molar-refractivity contribution is -0.384. The van der Waals surface area contributed by atoms with Crippen LogP contribution in [0.15, 0.2) is 18.2 Å². The average Bonchev–Trinajstić information content (AvgIpc) is 2.46. The predicted octanol–water partition coefficient (Wildman–Crippen LogP) is 2.63. The Bertz CT molecular complexity index is 475. The van der Waals surface area contributed by atoms with Crippen molar-refractivity contribution < 1.29 is 14.8 Å². The highest BCUT2D eigenvalue weighted by Crippen LogP contribution is 2.25. The molecule has 0 spiro atoms. The Balaban J connectivity index is 2.87. The molecule has 1 rings (SSSR count). The number of nitro benzene ring substituents is 1. The Morgan fingerprint density at radius 3 is 2.71 bits per heavy atom. The monoisotopic (exact) mass is 296 g/mol. The fourth-order valence-corrected chi connectivity index (χ4v) is 1.69. The fourth-order valence-electron chi connectivity index (χ4n) is 1.69. The number of hydrogen-bond donors (Lipinski definition) is 2. The number of rotatable bonds is 9. The van der Waals surface area contributed by atoms with Crippen LogP contribution in [0, 0.1) is 10.1 Å². The third-order valence-corrected chi connectivity index (χ3v) is 3.30. The normalized spacial score (nSPS) is 13.7. The summed E-state index contributed by atoms with van der Waals surface area (Å²) in [6.07, 6.45) is 1.55. The van der Waals surface area contributed by atoms with Gasteiger partial charge in [0.15, 0.2) is 0 Å². The third-order valence-electron chi connectivity index (χ3n) is 3.30. The van der Waals surface area contributed by atoms with Gasteiger partial charge in [-0.15, -0.1) is 0 Å². The van der Waals surface area contributed by atoms with Crippen molar-refractivity contribution in [2.24, 2.45) is 0 Å². The maximum absolute atomic E-state index is 10.9. The topological polar surface area (TPSA) is 84.6 Å². The summed E-state index contributed by atoms with van der Waals surface area (Å²) < 4.78 is 5.65. The van der Waals surface area contributed by atoms with Gasteiger partial charge in [0, 0.05) is 24.2 Å². The van der Waals surface area contributed by atoms with E-state index in [-0.39, 0.29) is 12.3 Å². The predicted molar refractivity (Wildman–Crippen MR) is 81.5 cm³/mol. The zero-order valence-corrected chi connectivity index (χ0v) is 12.9. The molecular formula is C15H24N2O4.